The predicted octanol–water partition coefficient (Wildman–Crippen LogP) is 1.73. The zero-order chi connectivity index (χ0) is 21.2. The number of urea groups is 1. The van der Waals surface area contributed by atoms with Gasteiger partial charge in [-0.1, -0.05) is 49.4 Å². The summed E-state index contributed by atoms with van der Waals surface area (Å²) in [7, 11) is -3.19. The van der Waals surface area contributed by atoms with Crippen molar-refractivity contribution < 1.29 is 22.8 Å². The van der Waals surface area contributed by atoms with Gasteiger partial charge in [-0.2, -0.15) is 5.01 Å². The third-order valence-electron chi connectivity index (χ3n) is 4.75. The van der Waals surface area contributed by atoms with Crippen molar-refractivity contribution in [1.29, 1.82) is 0 Å². The van der Waals surface area contributed by atoms with Crippen LogP contribution in [0.15, 0.2) is 54.6 Å². The Morgan fingerprint density at radius 1 is 1.07 bits per heavy atom. The Morgan fingerprint density at radius 3 is 2.24 bits per heavy atom. The lowest BCUT2D eigenvalue weighted by Gasteiger charge is -2.25. The van der Waals surface area contributed by atoms with Crippen LogP contribution in [0, 0.1) is 0 Å². The molecule has 0 unspecified atom stereocenters. The molecule has 0 radical (unpaired) electrons. The molecule has 1 fully saturated rings. The minimum absolute atomic E-state index is 0.141. The maximum Gasteiger partial charge on any atom is 0.344 e. The fraction of sp³-hybridized carbons (Fsp3) is 0.250. The zero-order valence-electron chi connectivity index (χ0n) is 16.0. The standard InChI is InChI=1S/C20H21N3O5S/c1-3-20(16-7-5-4-6-8-16)18(25)23(19(26)21-20)22-17(24)15-11-9-14(10-12-15)13-29(2,27)28/h4-12H,3,13H2,1-2H3,(H,21,26)(H,22,24)/t20-/m1/s1. The maximum atomic E-state index is 13.0. The van der Waals surface area contributed by atoms with E-state index in [4.69, 9.17) is 0 Å². The fourth-order valence-electron chi connectivity index (χ4n) is 3.26. The van der Waals surface area contributed by atoms with Gasteiger partial charge in [0, 0.05) is 11.8 Å². The van der Waals surface area contributed by atoms with Gasteiger partial charge >= 0.3 is 6.03 Å². The summed E-state index contributed by atoms with van der Waals surface area (Å²) < 4.78 is 22.7. The molecule has 2 aromatic rings. The smallest absolute Gasteiger partial charge is 0.318 e. The predicted molar refractivity (Wildman–Crippen MR) is 106 cm³/mol. The molecule has 0 spiro atoms. The third-order valence-corrected chi connectivity index (χ3v) is 5.60. The van der Waals surface area contributed by atoms with Gasteiger partial charge in [0.1, 0.15) is 5.54 Å². The van der Waals surface area contributed by atoms with Crippen LogP contribution in [0.4, 0.5) is 4.79 Å². The number of benzene rings is 2. The first-order chi connectivity index (χ1) is 13.7. The van der Waals surface area contributed by atoms with Gasteiger partial charge in [-0.15, -0.1) is 0 Å². The molecule has 4 amide bonds. The van der Waals surface area contributed by atoms with E-state index >= 15 is 0 Å². The average Bonchev–Trinajstić information content (AvgIpc) is 2.93. The van der Waals surface area contributed by atoms with Crippen molar-refractivity contribution in [2.24, 2.45) is 0 Å². The summed E-state index contributed by atoms with van der Waals surface area (Å²) in [4.78, 5) is 38.0. The van der Waals surface area contributed by atoms with Crippen molar-refractivity contribution in [2.75, 3.05) is 6.26 Å². The zero-order valence-corrected chi connectivity index (χ0v) is 16.8. The lowest BCUT2D eigenvalue weighted by Crippen LogP contribution is -2.48. The third kappa shape index (κ3) is 4.14. The largest absolute Gasteiger partial charge is 0.344 e. The lowest BCUT2D eigenvalue weighted by atomic mass is 9.87. The van der Waals surface area contributed by atoms with Crippen LogP contribution in [-0.4, -0.2) is 37.5 Å². The second-order valence-electron chi connectivity index (χ2n) is 6.90. The molecule has 152 valence electrons. The van der Waals surface area contributed by atoms with Crippen molar-refractivity contribution in [3.05, 3.63) is 71.3 Å². The van der Waals surface area contributed by atoms with Crippen LogP contribution in [0.5, 0.6) is 0 Å². The Bertz CT molecular complexity index is 1050. The molecular formula is C20H21N3O5S. The van der Waals surface area contributed by atoms with Crippen LogP contribution in [0.3, 0.4) is 0 Å². The number of hydrogen-bond donors (Lipinski definition) is 2. The summed E-state index contributed by atoms with van der Waals surface area (Å²) in [6.07, 6.45) is 1.44. The molecule has 9 heteroatoms. The summed E-state index contributed by atoms with van der Waals surface area (Å²) in [6.45, 7) is 1.77. The van der Waals surface area contributed by atoms with Gasteiger partial charge in [-0.05, 0) is 29.7 Å². The number of imide groups is 1. The summed E-state index contributed by atoms with van der Waals surface area (Å²) in [5, 5.41) is 3.36. The SMILES string of the molecule is CC[C@]1(c2ccccc2)NC(=O)N(NC(=O)c2ccc(CS(C)(=O)=O)cc2)C1=O. The fourth-order valence-corrected chi connectivity index (χ4v) is 4.06. The number of nitrogens with one attached hydrogen (secondary N) is 2. The highest BCUT2D eigenvalue weighted by atomic mass is 32.2. The van der Waals surface area contributed by atoms with Crippen LogP contribution in [0.1, 0.15) is 34.8 Å². The minimum atomic E-state index is -3.19. The highest BCUT2D eigenvalue weighted by molar-refractivity contribution is 7.89. The molecule has 2 N–H and O–H groups in total. The molecular weight excluding hydrogens is 394 g/mol. The van der Waals surface area contributed by atoms with E-state index in [1.54, 1.807) is 37.3 Å². The van der Waals surface area contributed by atoms with Crippen LogP contribution in [0.25, 0.3) is 0 Å². The van der Waals surface area contributed by atoms with E-state index in [1.165, 1.54) is 24.3 Å². The van der Waals surface area contributed by atoms with E-state index in [2.05, 4.69) is 10.7 Å². The minimum Gasteiger partial charge on any atom is -0.318 e. The summed E-state index contributed by atoms with van der Waals surface area (Å²) in [5.74, 6) is -1.37. The summed E-state index contributed by atoms with van der Waals surface area (Å²) in [6, 6.07) is 14.0. The number of nitrogens with zero attached hydrogens (tertiary/aromatic N) is 1. The molecule has 29 heavy (non-hydrogen) atoms. The highest BCUT2D eigenvalue weighted by Gasteiger charge is 2.52. The van der Waals surface area contributed by atoms with Crippen LogP contribution >= 0.6 is 0 Å². The van der Waals surface area contributed by atoms with Crippen LogP contribution in [-0.2, 0) is 25.9 Å². The summed E-state index contributed by atoms with van der Waals surface area (Å²) >= 11 is 0. The Kier molecular flexibility index (Phi) is 5.43. The van der Waals surface area contributed by atoms with Gasteiger partial charge in [-0.25, -0.2) is 13.2 Å². The molecule has 1 heterocycles. The van der Waals surface area contributed by atoms with E-state index in [0.29, 0.717) is 22.6 Å². The Balaban J connectivity index is 1.79. The van der Waals surface area contributed by atoms with E-state index in [1.807, 2.05) is 0 Å². The highest BCUT2D eigenvalue weighted by Crippen LogP contribution is 2.31. The molecule has 1 aliphatic rings. The van der Waals surface area contributed by atoms with Gasteiger partial charge in [-0.3, -0.25) is 15.0 Å². The number of rotatable bonds is 6. The van der Waals surface area contributed by atoms with Gasteiger partial charge < -0.3 is 5.32 Å². The lowest BCUT2D eigenvalue weighted by molar-refractivity contribution is -0.133. The Hall–Kier alpha value is -3.20. The number of hydrogen-bond acceptors (Lipinski definition) is 5. The maximum absolute atomic E-state index is 13.0. The van der Waals surface area contributed by atoms with Crippen molar-refractivity contribution in [1.82, 2.24) is 15.8 Å². The molecule has 1 atom stereocenters. The first-order valence-corrected chi connectivity index (χ1v) is 11.0. The van der Waals surface area contributed by atoms with E-state index in [9.17, 15) is 22.8 Å². The number of sulfone groups is 1. The normalized spacial score (nSPS) is 19.2. The molecule has 2 aromatic carbocycles. The molecule has 8 nitrogen and oxygen atoms in total. The molecule has 0 aromatic heterocycles. The molecule has 0 saturated carbocycles. The van der Waals surface area contributed by atoms with E-state index in [0.717, 1.165) is 6.26 Å². The average molecular weight is 415 g/mol. The van der Waals surface area contributed by atoms with Gasteiger partial charge in [0.25, 0.3) is 11.8 Å². The Labute approximate surface area is 168 Å². The topological polar surface area (TPSA) is 113 Å². The second-order valence-corrected chi connectivity index (χ2v) is 9.04. The number of carbonyl (C=O) groups is 3. The van der Waals surface area contributed by atoms with Crippen molar-refractivity contribution in [3.8, 4) is 0 Å². The van der Waals surface area contributed by atoms with Crippen LogP contribution < -0.4 is 10.7 Å². The number of amides is 4. The molecule has 1 saturated heterocycles. The van der Waals surface area contributed by atoms with E-state index < -0.39 is 33.2 Å². The van der Waals surface area contributed by atoms with E-state index in [-0.39, 0.29) is 11.3 Å². The second kappa shape index (κ2) is 7.67. The molecule has 0 bridgehead atoms. The van der Waals surface area contributed by atoms with Gasteiger partial charge in [0.05, 0.1) is 5.75 Å². The Morgan fingerprint density at radius 2 is 1.69 bits per heavy atom. The quantitative estimate of drug-likeness (QED) is 0.698. The van der Waals surface area contributed by atoms with Gasteiger partial charge in [0.15, 0.2) is 9.84 Å². The molecule has 3 rings (SSSR count). The monoisotopic (exact) mass is 415 g/mol. The van der Waals surface area contributed by atoms with Gasteiger partial charge in [0.2, 0.25) is 0 Å². The molecule has 1 aliphatic heterocycles. The van der Waals surface area contributed by atoms with Crippen LogP contribution in [0.2, 0.25) is 0 Å². The number of carbonyl (C=O) groups excluding carboxylic acids is 3. The van der Waals surface area contributed by atoms with Crippen molar-refractivity contribution in [2.45, 2.75) is 24.6 Å². The first kappa shape index (κ1) is 20.5. The summed E-state index contributed by atoms with van der Waals surface area (Å²) in [5.41, 5.74) is 2.44. The van der Waals surface area contributed by atoms with Crippen molar-refractivity contribution in [3.63, 3.8) is 0 Å². The van der Waals surface area contributed by atoms with Crippen molar-refractivity contribution >= 4 is 27.7 Å². The molecule has 0 aliphatic carbocycles. The first-order valence-electron chi connectivity index (χ1n) is 8.96. The number of hydrazine groups is 1.